The smallest absolute Gasteiger partial charge is 0.271 e. The average molecular weight is 337 g/mol. The molecule has 25 heavy (non-hydrogen) atoms. The number of halogens is 1. The number of pyridine rings is 1. The quantitative estimate of drug-likeness (QED) is 0.723. The summed E-state index contributed by atoms with van der Waals surface area (Å²) in [5.41, 5.74) is 1.90. The van der Waals surface area contributed by atoms with Crippen LogP contribution in [0.4, 0.5) is 10.2 Å². The molecule has 0 saturated heterocycles. The minimum atomic E-state index is -0.340. The van der Waals surface area contributed by atoms with Crippen molar-refractivity contribution in [1.29, 1.82) is 0 Å². The van der Waals surface area contributed by atoms with Gasteiger partial charge in [-0.3, -0.25) is 9.78 Å². The summed E-state index contributed by atoms with van der Waals surface area (Å²) in [6, 6.07) is 11.6. The first-order valence-corrected chi connectivity index (χ1v) is 7.69. The van der Waals surface area contributed by atoms with Gasteiger partial charge in [-0.15, -0.1) is 0 Å². The maximum absolute atomic E-state index is 12.8. The molecule has 3 rings (SSSR count). The van der Waals surface area contributed by atoms with Gasteiger partial charge in [0.05, 0.1) is 24.6 Å². The molecule has 0 unspecified atom stereocenters. The number of nitrogens with zero attached hydrogens (tertiary/aromatic N) is 3. The molecule has 0 bridgehead atoms. The van der Waals surface area contributed by atoms with E-state index in [0.29, 0.717) is 18.9 Å². The molecule has 0 aliphatic carbocycles. The van der Waals surface area contributed by atoms with Gasteiger partial charge in [0, 0.05) is 12.7 Å². The third kappa shape index (κ3) is 4.81. The summed E-state index contributed by atoms with van der Waals surface area (Å²) in [5.74, 6) is -0.0939. The van der Waals surface area contributed by atoms with Crippen molar-refractivity contribution in [2.24, 2.45) is 0 Å². The Morgan fingerprint density at radius 1 is 0.960 bits per heavy atom. The molecule has 2 aromatic heterocycles. The zero-order chi connectivity index (χ0) is 17.5. The number of amides is 1. The third-order valence-electron chi connectivity index (χ3n) is 3.43. The first-order chi connectivity index (χ1) is 12.2. The largest absolute Gasteiger partial charge is 0.363 e. The minimum Gasteiger partial charge on any atom is -0.363 e. The Bertz CT molecular complexity index is 822. The number of benzene rings is 1. The molecule has 3 aromatic rings. The maximum atomic E-state index is 12.8. The number of hydrogen-bond donors (Lipinski definition) is 2. The second-order valence-electron chi connectivity index (χ2n) is 5.27. The first-order valence-electron chi connectivity index (χ1n) is 7.69. The maximum Gasteiger partial charge on any atom is 0.271 e. The van der Waals surface area contributed by atoms with E-state index in [-0.39, 0.29) is 17.4 Å². The van der Waals surface area contributed by atoms with Crippen LogP contribution in [0.2, 0.25) is 0 Å². The predicted octanol–water partition coefficient (Wildman–Crippen LogP) is 2.55. The third-order valence-corrected chi connectivity index (χ3v) is 3.43. The summed E-state index contributed by atoms with van der Waals surface area (Å²) >= 11 is 0. The second-order valence-corrected chi connectivity index (χ2v) is 5.27. The molecule has 2 N–H and O–H groups in total. The fourth-order valence-corrected chi connectivity index (χ4v) is 2.10. The summed E-state index contributed by atoms with van der Waals surface area (Å²) in [4.78, 5) is 24.5. The van der Waals surface area contributed by atoms with E-state index in [4.69, 9.17) is 0 Å². The number of carbonyl (C=O) groups excluding carboxylic acids is 1. The fraction of sp³-hybridized carbons (Fsp3) is 0.111. The Morgan fingerprint density at radius 3 is 2.48 bits per heavy atom. The summed E-state index contributed by atoms with van der Waals surface area (Å²) in [6.45, 7) is 0.812. The molecule has 0 atom stereocenters. The van der Waals surface area contributed by atoms with Crippen LogP contribution in [0.25, 0.3) is 0 Å². The standard InChI is InChI=1S/C18H16FN5O/c19-14-6-4-13(5-7-14)9-24-18(25)16-11-23-17(12-21-16)22-10-15-3-1-2-8-20-15/h1-8,11-12H,9-10H2,(H,22,23)(H,24,25). The van der Waals surface area contributed by atoms with Crippen molar-refractivity contribution in [3.63, 3.8) is 0 Å². The van der Waals surface area contributed by atoms with Gasteiger partial charge in [0.1, 0.15) is 17.3 Å². The molecule has 126 valence electrons. The van der Waals surface area contributed by atoms with E-state index in [0.717, 1.165) is 11.3 Å². The lowest BCUT2D eigenvalue weighted by atomic mass is 10.2. The van der Waals surface area contributed by atoms with E-state index >= 15 is 0 Å². The van der Waals surface area contributed by atoms with Gasteiger partial charge < -0.3 is 10.6 Å². The number of carbonyl (C=O) groups is 1. The topological polar surface area (TPSA) is 79.8 Å². The van der Waals surface area contributed by atoms with Crippen molar-refractivity contribution in [2.75, 3.05) is 5.32 Å². The van der Waals surface area contributed by atoms with Crippen molar-refractivity contribution < 1.29 is 9.18 Å². The van der Waals surface area contributed by atoms with Crippen LogP contribution in [0.5, 0.6) is 0 Å². The highest BCUT2D eigenvalue weighted by atomic mass is 19.1. The Morgan fingerprint density at radius 2 is 1.80 bits per heavy atom. The van der Waals surface area contributed by atoms with Crippen molar-refractivity contribution in [2.45, 2.75) is 13.1 Å². The number of anilines is 1. The van der Waals surface area contributed by atoms with Crippen molar-refractivity contribution in [3.05, 3.63) is 83.8 Å². The zero-order valence-corrected chi connectivity index (χ0v) is 13.3. The highest BCUT2D eigenvalue weighted by molar-refractivity contribution is 5.91. The molecule has 6 nitrogen and oxygen atoms in total. The Labute approximate surface area is 144 Å². The van der Waals surface area contributed by atoms with E-state index in [1.807, 2.05) is 18.2 Å². The normalized spacial score (nSPS) is 10.3. The predicted molar refractivity (Wildman–Crippen MR) is 91.2 cm³/mol. The molecule has 1 aromatic carbocycles. The van der Waals surface area contributed by atoms with Gasteiger partial charge in [-0.1, -0.05) is 18.2 Å². The number of nitrogens with one attached hydrogen (secondary N) is 2. The van der Waals surface area contributed by atoms with Gasteiger partial charge in [-0.2, -0.15) is 0 Å². The molecule has 0 fully saturated rings. The summed E-state index contributed by atoms with van der Waals surface area (Å²) < 4.78 is 12.8. The highest BCUT2D eigenvalue weighted by Crippen LogP contribution is 2.05. The highest BCUT2D eigenvalue weighted by Gasteiger charge is 2.08. The van der Waals surface area contributed by atoms with Crippen LogP contribution >= 0.6 is 0 Å². The van der Waals surface area contributed by atoms with Crippen LogP contribution < -0.4 is 10.6 Å². The molecule has 7 heteroatoms. The lowest BCUT2D eigenvalue weighted by Gasteiger charge is -2.07. The molecule has 0 saturated carbocycles. The van der Waals surface area contributed by atoms with E-state index < -0.39 is 0 Å². The Balaban J connectivity index is 1.52. The SMILES string of the molecule is O=C(NCc1ccc(F)cc1)c1cnc(NCc2ccccn2)cn1. The van der Waals surface area contributed by atoms with Crippen LogP contribution in [0.1, 0.15) is 21.7 Å². The van der Waals surface area contributed by atoms with E-state index in [2.05, 4.69) is 25.6 Å². The second kappa shape index (κ2) is 7.96. The molecule has 0 aliphatic rings. The van der Waals surface area contributed by atoms with Gasteiger partial charge in [-0.05, 0) is 29.8 Å². The van der Waals surface area contributed by atoms with Gasteiger partial charge >= 0.3 is 0 Å². The van der Waals surface area contributed by atoms with E-state index in [1.165, 1.54) is 24.5 Å². The van der Waals surface area contributed by atoms with Crippen molar-refractivity contribution >= 4 is 11.7 Å². The number of hydrogen-bond acceptors (Lipinski definition) is 5. The van der Waals surface area contributed by atoms with Crippen LogP contribution in [-0.2, 0) is 13.1 Å². The van der Waals surface area contributed by atoms with Gasteiger partial charge in [0.2, 0.25) is 0 Å². The average Bonchev–Trinajstić information content (AvgIpc) is 2.67. The van der Waals surface area contributed by atoms with Crippen molar-refractivity contribution in [3.8, 4) is 0 Å². The number of aromatic nitrogens is 3. The van der Waals surface area contributed by atoms with E-state index in [1.54, 1.807) is 18.3 Å². The molecule has 1 amide bonds. The Kier molecular flexibility index (Phi) is 5.26. The molecular weight excluding hydrogens is 321 g/mol. The molecule has 2 heterocycles. The van der Waals surface area contributed by atoms with Crippen LogP contribution in [0.3, 0.4) is 0 Å². The fourth-order valence-electron chi connectivity index (χ4n) is 2.10. The Hall–Kier alpha value is -3.35. The molecule has 0 spiro atoms. The van der Waals surface area contributed by atoms with Crippen LogP contribution in [0.15, 0.2) is 61.1 Å². The van der Waals surface area contributed by atoms with Gasteiger partial charge in [0.15, 0.2) is 0 Å². The molecular formula is C18H16FN5O. The summed E-state index contributed by atoms with van der Waals surface area (Å²) in [5, 5.41) is 5.80. The van der Waals surface area contributed by atoms with Crippen molar-refractivity contribution in [1.82, 2.24) is 20.3 Å². The van der Waals surface area contributed by atoms with Gasteiger partial charge in [-0.25, -0.2) is 14.4 Å². The zero-order valence-electron chi connectivity index (χ0n) is 13.3. The lowest BCUT2D eigenvalue weighted by Crippen LogP contribution is -2.24. The van der Waals surface area contributed by atoms with Crippen LogP contribution in [0, 0.1) is 5.82 Å². The monoisotopic (exact) mass is 337 g/mol. The summed E-state index contributed by atoms with van der Waals surface area (Å²) in [7, 11) is 0. The lowest BCUT2D eigenvalue weighted by molar-refractivity contribution is 0.0945. The first kappa shape index (κ1) is 16.5. The van der Waals surface area contributed by atoms with Gasteiger partial charge in [0.25, 0.3) is 5.91 Å². The van der Waals surface area contributed by atoms with E-state index in [9.17, 15) is 9.18 Å². The molecule has 0 radical (unpaired) electrons. The minimum absolute atomic E-state index is 0.213. The number of rotatable bonds is 6. The van der Waals surface area contributed by atoms with Crippen LogP contribution in [-0.4, -0.2) is 20.9 Å². The summed E-state index contributed by atoms with van der Waals surface area (Å²) in [6.07, 6.45) is 4.62. The molecule has 0 aliphatic heterocycles.